The zero-order valence-corrected chi connectivity index (χ0v) is 18.6. The molecule has 9 nitrogen and oxygen atoms in total. The van der Waals surface area contributed by atoms with Crippen LogP contribution < -0.4 is 16.4 Å². The summed E-state index contributed by atoms with van der Waals surface area (Å²) in [6.45, 7) is 5.02. The molecule has 0 aromatic heterocycles. The molecule has 4 rings (SSSR count). The maximum Gasteiger partial charge on any atom is 0.255 e. The lowest BCUT2D eigenvalue weighted by Gasteiger charge is -2.40. The first-order chi connectivity index (χ1) is 15.2. The molecular formula is C23H31N5O4. The van der Waals surface area contributed by atoms with Crippen molar-refractivity contribution < 1.29 is 19.2 Å². The number of aryl methyl sites for hydroxylation is 1. The van der Waals surface area contributed by atoms with Gasteiger partial charge in [0.15, 0.2) is 0 Å². The minimum absolute atomic E-state index is 0.0964. The van der Waals surface area contributed by atoms with E-state index in [1.807, 2.05) is 19.1 Å². The average Bonchev–Trinajstić information content (AvgIpc) is 2.91. The summed E-state index contributed by atoms with van der Waals surface area (Å²) in [6.07, 6.45) is 2.29. The first kappa shape index (κ1) is 22.1. The van der Waals surface area contributed by atoms with Gasteiger partial charge in [-0.25, -0.2) is 0 Å². The number of carbonyl (C=O) groups excluding carboxylic acids is 4. The predicted molar refractivity (Wildman–Crippen MR) is 119 cm³/mol. The van der Waals surface area contributed by atoms with E-state index in [0.29, 0.717) is 50.9 Å². The standard InChI is InChI=1S/C23H31N5O4/c1-14-3-4-17-18(13-14)25-23(26-21(17)31)8-5-19(29)28(12-9-23)15(2)22(32)27-10-6-16(7-11-27)20(24)30/h3-4,13,15-16,25H,5-12H2,1-2H3,(H2,24,30)(H,26,31)/t15-,23-/m1/s1. The van der Waals surface area contributed by atoms with Crippen LogP contribution in [0.5, 0.6) is 0 Å². The van der Waals surface area contributed by atoms with E-state index in [4.69, 9.17) is 5.73 Å². The number of nitrogens with one attached hydrogen (secondary N) is 2. The zero-order valence-electron chi connectivity index (χ0n) is 18.6. The quantitative estimate of drug-likeness (QED) is 0.645. The molecule has 0 radical (unpaired) electrons. The van der Waals surface area contributed by atoms with Crippen LogP contribution in [0.4, 0.5) is 5.69 Å². The summed E-state index contributed by atoms with van der Waals surface area (Å²) < 4.78 is 0. The SMILES string of the molecule is Cc1ccc2c(c1)N[C@]1(CCC(=O)N([C@H](C)C(=O)N3CCC(C(N)=O)CC3)CC1)NC2=O. The van der Waals surface area contributed by atoms with Gasteiger partial charge in [0.25, 0.3) is 5.91 Å². The molecule has 0 unspecified atom stereocenters. The van der Waals surface area contributed by atoms with Crippen LogP contribution in [0.2, 0.25) is 0 Å². The fraction of sp³-hybridized carbons (Fsp3) is 0.565. The Kier molecular flexibility index (Phi) is 5.83. The van der Waals surface area contributed by atoms with E-state index in [0.717, 1.165) is 11.3 Å². The summed E-state index contributed by atoms with van der Waals surface area (Å²) >= 11 is 0. The number of fused-ring (bicyclic) bond motifs is 1. The van der Waals surface area contributed by atoms with Crippen LogP contribution in [0.15, 0.2) is 18.2 Å². The van der Waals surface area contributed by atoms with Crippen molar-refractivity contribution in [1.29, 1.82) is 0 Å². The van der Waals surface area contributed by atoms with Gasteiger partial charge in [-0.3, -0.25) is 19.2 Å². The van der Waals surface area contributed by atoms with Gasteiger partial charge < -0.3 is 26.2 Å². The van der Waals surface area contributed by atoms with Gasteiger partial charge in [-0.15, -0.1) is 0 Å². The number of primary amides is 1. The van der Waals surface area contributed by atoms with Crippen LogP contribution >= 0.6 is 0 Å². The van der Waals surface area contributed by atoms with Crippen molar-refractivity contribution in [3.05, 3.63) is 29.3 Å². The van der Waals surface area contributed by atoms with Gasteiger partial charge in [-0.2, -0.15) is 0 Å². The minimum atomic E-state index is -0.717. The van der Waals surface area contributed by atoms with Crippen molar-refractivity contribution in [2.45, 2.75) is 57.7 Å². The minimum Gasteiger partial charge on any atom is -0.369 e. The second kappa shape index (κ2) is 8.44. The molecule has 172 valence electrons. The van der Waals surface area contributed by atoms with Gasteiger partial charge in [0.2, 0.25) is 17.7 Å². The lowest BCUT2D eigenvalue weighted by atomic mass is 9.94. The van der Waals surface area contributed by atoms with Crippen LogP contribution in [0.25, 0.3) is 0 Å². The van der Waals surface area contributed by atoms with Crippen LogP contribution in [-0.2, 0) is 14.4 Å². The van der Waals surface area contributed by atoms with Crippen molar-refractivity contribution in [3.8, 4) is 0 Å². The third-order valence-corrected chi connectivity index (χ3v) is 7.05. The average molecular weight is 442 g/mol. The Balaban J connectivity index is 1.44. The number of hydrogen-bond acceptors (Lipinski definition) is 5. The third kappa shape index (κ3) is 4.16. The Bertz CT molecular complexity index is 956. The van der Waals surface area contributed by atoms with Gasteiger partial charge >= 0.3 is 0 Å². The Hall–Kier alpha value is -3.10. The monoisotopic (exact) mass is 441 g/mol. The molecule has 1 spiro atoms. The second-order valence-electron chi connectivity index (χ2n) is 9.23. The molecule has 9 heteroatoms. The Morgan fingerprint density at radius 1 is 1.12 bits per heavy atom. The number of rotatable bonds is 3. The third-order valence-electron chi connectivity index (χ3n) is 7.05. The molecule has 4 amide bonds. The van der Waals surface area contributed by atoms with Crippen LogP contribution in [0.1, 0.15) is 54.9 Å². The molecule has 3 heterocycles. The van der Waals surface area contributed by atoms with E-state index in [9.17, 15) is 19.2 Å². The van der Waals surface area contributed by atoms with E-state index >= 15 is 0 Å². The normalized spacial score (nSPS) is 24.9. The van der Waals surface area contributed by atoms with Crippen molar-refractivity contribution in [1.82, 2.24) is 15.1 Å². The number of anilines is 1. The smallest absolute Gasteiger partial charge is 0.255 e. The summed E-state index contributed by atoms with van der Waals surface area (Å²) in [4.78, 5) is 53.5. The molecule has 1 aromatic carbocycles. The molecule has 1 aromatic rings. The maximum atomic E-state index is 13.1. The second-order valence-corrected chi connectivity index (χ2v) is 9.23. The first-order valence-corrected chi connectivity index (χ1v) is 11.3. The van der Waals surface area contributed by atoms with E-state index in [-0.39, 0.29) is 36.0 Å². The Morgan fingerprint density at radius 2 is 1.84 bits per heavy atom. The number of piperidine rings is 1. The number of amides is 4. The highest BCUT2D eigenvalue weighted by Crippen LogP contribution is 2.33. The first-order valence-electron chi connectivity index (χ1n) is 11.3. The summed E-state index contributed by atoms with van der Waals surface area (Å²) in [6, 6.07) is 5.05. The summed E-state index contributed by atoms with van der Waals surface area (Å²) in [5, 5.41) is 6.53. The largest absolute Gasteiger partial charge is 0.369 e. The van der Waals surface area contributed by atoms with Gasteiger partial charge in [-0.1, -0.05) is 6.07 Å². The number of carbonyl (C=O) groups is 4. The molecule has 0 bridgehead atoms. The number of likely N-dealkylation sites (tertiary alicyclic amines) is 2. The van der Waals surface area contributed by atoms with Gasteiger partial charge in [0.1, 0.15) is 11.7 Å². The molecular weight excluding hydrogens is 410 g/mol. The van der Waals surface area contributed by atoms with Gasteiger partial charge in [0, 0.05) is 44.1 Å². The molecule has 32 heavy (non-hydrogen) atoms. The molecule has 3 aliphatic heterocycles. The van der Waals surface area contributed by atoms with Crippen molar-refractivity contribution in [2.24, 2.45) is 11.7 Å². The molecule has 2 atom stereocenters. The zero-order chi connectivity index (χ0) is 23.0. The molecule has 0 aliphatic carbocycles. The van der Waals surface area contributed by atoms with E-state index in [2.05, 4.69) is 10.6 Å². The molecule has 2 fully saturated rings. The van der Waals surface area contributed by atoms with Gasteiger partial charge in [-0.05, 0) is 50.8 Å². The fourth-order valence-electron chi connectivity index (χ4n) is 5.00. The highest BCUT2D eigenvalue weighted by molar-refractivity contribution is 6.02. The molecule has 4 N–H and O–H groups in total. The molecule has 2 saturated heterocycles. The number of nitrogens with two attached hydrogens (primary N) is 1. The number of nitrogens with zero attached hydrogens (tertiary/aromatic N) is 2. The molecule has 3 aliphatic rings. The molecule has 0 saturated carbocycles. The summed E-state index contributed by atoms with van der Waals surface area (Å²) in [5.74, 6) is -0.876. The van der Waals surface area contributed by atoms with E-state index in [1.54, 1.807) is 22.8 Å². The van der Waals surface area contributed by atoms with Crippen LogP contribution in [0.3, 0.4) is 0 Å². The van der Waals surface area contributed by atoms with Crippen molar-refractivity contribution >= 4 is 29.3 Å². The van der Waals surface area contributed by atoms with E-state index in [1.165, 1.54) is 0 Å². The Labute approximate surface area is 187 Å². The van der Waals surface area contributed by atoms with Crippen LogP contribution in [0, 0.1) is 12.8 Å². The summed E-state index contributed by atoms with van der Waals surface area (Å²) in [5.41, 5.74) is 7.08. The maximum absolute atomic E-state index is 13.1. The fourth-order valence-corrected chi connectivity index (χ4v) is 5.00. The van der Waals surface area contributed by atoms with Gasteiger partial charge in [0.05, 0.1) is 5.56 Å². The number of hydrogen-bond donors (Lipinski definition) is 3. The van der Waals surface area contributed by atoms with Crippen molar-refractivity contribution in [3.63, 3.8) is 0 Å². The van der Waals surface area contributed by atoms with E-state index < -0.39 is 11.7 Å². The topological polar surface area (TPSA) is 125 Å². The van der Waals surface area contributed by atoms with Crippen molar-refractivity contribution in [2.75, 3.05) is 25.0 Å². The van der Waals surface area contributed by atoms with Crippen LogP contribution in [-0.4, -0.2) is 64.8 Å². The predicted octanol–water partition coefficient (Wildman–Crippen LogP) is 0.972. The lowest BCUT2D eigenvalue weighted by Crippen LogP contribution is -2.58. The summed E-state index contributed by atoms with van der Waals surface area (Å²) in [7, 11) is 0. The Morgan fingerprint density at radius 3 is 2.53 bits per heavy atom. The lowest BCUT2D eigenvalue weighted by molar-refractivity contribution is -0.146. The number of benzene rings is 1. The highest BCUT2D eigenvalue weighted by atomic mass is 16.2. The highest BCUT2D eigenvalue weighted by Gasteiger charge is 2.42.